The Balaban J connectivity index is 1.83. The van der Waals surface area contributed by atoms with Crippen molar-refractivity contribution in [3.8, 4) is 22.8 Å². The molecule has 9 nitrogen and oxygen atoms in total. The second-order valence-corrected chi connectivity index (χ2v) is 7.92. The van der Waals surface area contributed by atoms with E-state index in [0.717, 1.165) is 22.9 Å². The van der Waals surface area contributed by atoms with Gasteiger partial charge in [0.05, 0.1) is 23.9 Å². The molecule has 1 aliphatic rings. The highest BCUT2D eigenvalue weighted by molar-refractivity contribution is 6.06. The smallest absolute Gasteiger partial charge is 0.252 e. The number of carbonyl (C=O) groups is 2. The van der Waals surface area contributed by atoms with E-state index >= 15 is 0 Å². The molecule has 31 heavy (non-hydrogen) atoms. The van der Waals surface area contributed by atoms with Crippen molar-refractivity contribution in [2.45, 2.75) is 38.8 Å². The van der Waals surface area contributed by atoms with E-state index in [1.807, 2.05) is 27.1 Å². The zero-order valence-corrected chi connectivity index (χ0v) is 17.7. The van der Waals surface area contributed by atoms with Gasteiger partial charge in [-0.25, -0.2) is 4.98 Å². The predicted molar refractivity (Wildman–Crippen MR) is 115 cm³/mol. The Labute approximate surface area is 179 Å². The molecule has 1 fully saturated rings. The largest absolute Gasteiger partial charge is 0.490 e. The molecule has 0 aliphatic carbocycles. The van der Waals surface area contributed by atoms with Crippen LogP contribution in [-0.2, 0) is 11.8 Å². The molecule has 1 atom stereocenters. The van der Waals surface area contributed by atoms with Crippen LogP contribution in [0.4, 0.5) is 0 Å². The first kappa shape index (κ1) is 20.6. The Morgan fingerprint density at radius 2 is 2.13 bits per heavy atom. The van der Waals surface area contributed by atoms with Crippen molar-refractivity contribution in [3.05, 3.63) is 36.3 Å². The summed E-state index contributed by atoms with van der Waals surface area (Å²) in [5.74, 6) is 0.215. The summed E-state index contributed by atoms with van der Waals surface area (Å²) in [5.41, 5.74) is 7.57. The molecule has 3 N–H and O–H groups in total. The van der Waals surface area contributed by atoms with Crippen molar-refractivity contribution in [1.82, 2.24) is 20.1 Å². The van der Waals surface area contributed by atoms with Gasteiger partial charge in [0.25, 0.3) is 5.91 Å². The number of fused-ring (bicyclic) bond motifs is 1. The first-order valence-corrected chi connectivity index (χ1v) is 10.2. The summed E-state index contributed by atoms with van der Waals surface area (Å²) in [7, 11) is 1.83. The average Bonchev–Trinajstić information content (AvgIpc) is 3.33. The molecule has 0 spiro atoms. The van der Waals surface area contributed by atoms with Gasteiger partial charge in [0, 0.05) is 42.4 Å². The Hall–Kier alpha value is -3.62. The van der Waals surface area contributed by atoms with Crippen molar-refractivity contribution >= 4 is 22.6 Å². The third-order valence-electron chi connectivity index (χ3n) is 5.10. The van der Waals surface area contributed by atoms with Gasteiger partial charge in [-0.2, -0.15) is 5.10 Å². The summed E-state index contributed by atoms with van der Waals surface area (Å²) < 4.78 is 13.5. The summed E-state index contributed by atoms with van der Waals surface area (Å²) >= 11 is 0. The molecule has 0 radical (unpaired) electrons. The number of ether oxygens (including phenoxy) is 2. The van der Waals surface area contributed by atoms with Crippen molar-refractivity contribution in [2.75, 3.05) is 6.61 Å². The molecule has 2 amide bonds. The molecule has 0 bridgehead atoms. The predicted octanol–water partition coefficient (Wildman–Crippen LogP) is 2.18. The van der Waals surface area contributed by atoms with Gasteiger partial charge < -0.3 is 20.5 Å². The average molecular weight is 423 g/mol. The molecule has 4 rings (SSSR count). The maximum Gasteiger partial charge on any atom is 0.252 e. The van der Waals surface area contributed by atoms with Crippen molar-refractivity contribution in [2.24, 2.45) is 12.8 Å². The molecule has 2 aromatic heterocycles. The van der Waals surface area contributed by atoms with Crippen LogP contribution in [0.25, 0.3) is 21.9 Å². The second kappa shape index (κ2) is 8.25. The highest BCUT2D eigenvalue weighted by Gasteiger charge is 2.23. The van der Waals surface area contributed by atoms with Gasteiger partial charge in [-0.1, -0.05) is 0 Å². The minimum atomic E-state index is -0.581. The van der Waals surface area contributed by atoms with Gasteiger partial charge in [-0.05, 0) is 37.8 Å². The Morgan fingerprint density at radius 3 is 2.74 bits per heavy atom. The minimum Gasteiger partial charge on any atom is -0.490 e. The second-order valence-electron chi connectivity index (χ2n) is 7.92. The zero-order chi connectivity index (χ0) is 22.1. The monoisotopic (exact) mass is 423 g/mol. The van der Waals surface area contributed by atoms with Gasteiger partial charge in [0.15, 0.2) is 0 Å². The van der Waals surface area contributed by atoms with E-state index in [4.69, 9.17) is 15.2 Å². The first-order chi connectivity index (χ1) is 14.8. The van der Waals surface area contributed by atoms with Crippen LogP contribution in [0.5, 0.6) is 11.6 Å². The fourth-order valence-electron chi connectivity index (χ4n) is 3.67. The lowest BCUT2D eigenvalue weighted by atomic mass is 9.99. The van der Waals surface area contributed by atoms with Crippen molar-refractivity contribution in [3.63, 3.8) is 0 Å². The quantitative estimate of drug-likeness (QED) is 0.601. The number of amides is 2. The number of rotatable bonds is 7. The van der Waals surface area contributed by atoms with E-state index in [1.54, 1.807) is 29.2 Å². The van der Waals surface area contributed by atoms with E-state index in [9.17, 15) is 9.59 Å². The van der Waals surface area contributed by atoms with Gasteiger partial charge in [0.2, 0.25) is 11.8 Å². The molecule has 1 saturated heterocycles. The standard InChI is InChI=1S/C22H25N5O4/c1-12(2)31-19-7-16-15(6-17(19)21(23)29)18(13-8-25-27(3)10-13)9-24-22(16)30-11-14-4-5-20(28)26-14/h6-10,12,14H,4-5,11H2,1-3H3,(H2,23,29)(H,26,28). The van der Waals surface area contributed by atoms with Crippen LogP contribution in [0, 0.1) is 0 Å². The van der Waals surface area contributed by atoms with Crippen LogP contribution in [0.1, 0.15) is 37.0 Å². The molecule has 162 valence electrons. The van der Waals surface area contributed by atoms with Crippen molar-refractivity contribution in [1.29, 1.82) is 0 Å². The van der Waals surface area contributed by atoms with Gasteiger partial charge >= 0.3 is 0 Å². The summed E-state index contributed by atoms with van der Waals surface area (Å²) in [5, 5.41) is 8.55. The summed E-state index contributed by atoms with van der Waals surface area (Å²) in [6.45, 7) is 4.05. The van der Waals surface area contributed by atoms with Crippen LogP contribution in [0.2, 0.25) is 0 Å². The number of nitrogens with zero attached hydrogens (tertiary/aromatic N) is 3. The number of primary amides is 1. The van der Waals surface area contributed by atoms with Crippen molar-refractivity contribution < 1.29 is 19.1 Å². The van der Waals surface area contributed by atoms with Gasteiger partial charge in [-0.15, -0.1) is 0 Å². The highest BCUT2D eigenvalue weighted by Crippen LogP contribution is 2.37. The van der Waals surface area contributed by atoms with Crippen LogP contribution < -0.4 is 20.5 Å². The number of carbonyl (C=O) groups excluding carboxylic acids is 2. The number of hydrogen-bond acceptors (Lipinski definition) is 6. The van der Waals surface area contributed by atoms with Gasteiger partial charge in [-0.3, -0.25) is 14.3 Å². The topological polar surface area (TPSA) is 121 Å². The van der Waals surface area contributed by atoms with E-state index in [1.165, 1.54) is 0 Å². The molecule has 3 aromatic rings. The molecule has 0 saturated carbocycles. The first-order valence-electron chi connectivity index (χ1n) is 10.2. The van der Waals surface area contributed by atoms with Crippen LogP contribution in [-0.4, -0.2) is 45.3 Å². The maximum absolute atomic E-state index is 12.2. The molecule has 1 aliphatic heterocycles. The van der Waals surface area contributed by atoms with E-state index < -0.39 is 5.91 Å². The van der Waals surface area contributed by atoms with E-state index in [0.29, 0.717) is 30.0 Å². The number of nitrogens with one attached hydrogen (secondary N) is 1. The fourth-order valence-corrected chi connectivity index (χ4v) is 3.67. The third kappa shape index (κ3) is 4.30. The Morgan fingerprint density at radius 1 is 1.32 bits per heavy atom. The lowest BCUT2D eigenvalue weighted by molar-refractivity contribution is -0.119. The molecule has 3 heterocycles. The lowest BCUT2D eigenvalue weighted by Gasteiger charge is -2.18. The third-order valence-corrected chi connectivity index (χ3v) is 5.10. The van der Waals surface area contributed by atoms with Crippen LogP contribution in [0.15, 0.2) is 30.7 Å². The van der Waals surface area contributed by atoms with Crippen LogP contribution in [0.3, 0.4) is 0 Å². The lowest BCUT2D eigenvalue weighted by Crippen LogP contribution is -2.31. The number of aryl methyl sites for hydroxylation is 1. The molecule has 1 unspecified atom stereocenters. The SMILES string of the molecule is CC(C)Oc1cc2c(OCC3CCC(=O)N3)ncc(-c3cnn(C)c3)c2cc1C(N)=O. The molecule has 1 aromatic carbocycles. The number of benzene rings is 1. The van der Waals surface area contributed by atoms with E-state index in [-0.39, 0.29) is 23.6 Å². The Bertz CT molecular complexity index is 1150. The number of pyridine rings is 1. The zero-order valence-electron chi connectivity index (χ0n) is 17.7. The number of nitrogens with two attached hydrogens (primary N) is 1. The minimum absolute atomic E-state index is 0.0251. The van der Waals surface area contributed by atoms with Gasteiger partial charge in [0.1, 0.15) is 12.4 Å². The van der Waals surface area contributed by atoms with Crippen LogP contribution >= 0.6 is 0 Å². The van der Waals surface area contributed by atoms with E-state index in [2.05, 4.69) is 15.4 Å². The normalized spacial score (nSPS) is 16.0. The Kier molecular flexibility index (Phi) is 5.50. The molecular weight excluding hydrogens is 398 g/mol. The number of hydrogen-bond donors (Lipinski definition) is 2. The molecule has 9 heteroatoms. The number of aromatic nitrogens is 3. The summed E-state index contributed by atoms with van der Waals surface area (Å²) in [6, 6.07) is 3.40. The summed E-state index contributed by atoms with van der Waals surface area (Å²) in [4.78, 5) is 28.2. The molecular formula is C22H25N5O4. The highest BCUT2D eigenvalue weighted by atomic mass is 16.5. The maximum atomic E-state index is 12.2. The summed E-state index contributed by atoms with van der Waals surface area (Å²) in [6.07, 6.45) is 6.36. The fraction of sp³-hybridized carbons (Fsp3) is 0.364.